The summed E-state index contributed by atoms with van der Waals surface area (Å²) in [6.45, 7) is 6.05. The van der Waals surface area contributed by atoms with Crippen LogP contribution in [0.4, 0.5) is 0 Å². The van der Waals surface area contributed by atoms with Gasteiger partial charge in [0.25, 0.3) is 0 Å². The average Bonchev–Trinajstić information content (AvgIpc) is 2.82. The highest BCUT2D eigenvalue weighted by molar-refractivity contribution is 7.98. The largest absolute Gasteiger partial charge is 0.346 e. The predicted octanol–water partition coefficient (Wildman–Crippen LogP) is 2.00. The zero-order valence-corrected chi connectivity index (χ0v) is 10.5. The third-order valence-corrected chi connectivity index (χ3v) is 3.15. The van der Waals surface area contributed by atoms with Gasteiger partial charge in [-0.05, 0) is 13.8 Å². The Labute approximate surface area is 98.5 Å². The van der Waals surface area contributed by atoms with Crippen LogP contribution in [-0.2, 0) is 12.2 Å². The number of hydrogen-bond acceptors (Lipinski definition) is 4. The maximum absolute atomic E-state index is 4.41. The van der Waals surface area contributed by atoms with Crippen molar-refractivity contribution in [2.75, 3.05) is 0 Å². The number of aromatic amines is 2. The van der Waals surface area contributed by atoms with Crippen LogP contribution in [0.3, 0.4) is 0 Å². The lowest BCUT2D eigenvalue weighted by atomic mass is 10.4. The minimum Gasteiger partial charge on any atom is -0.346 e. The monoisotopic (exact) mass is 237 g/mol. The van der Waals surface area contributed by atoms with E-state index >= 15 is 0 Å². The highest BCUT2D eigenvalue weighted by atomic mass is 32.2. The second-order valence-corrected chi connectivity index (χ2v) is 4.54. The Morgan fingerprint density at radius 1 is 1.25 bits per heavy atom. The topological polar surface area (TPSA) is 70.2 Å². The average molecular weight is 237 g/mol. The van der Waals surface area contributed by atoms with Gasteiger partial charge in [-0.25, -0.2) is 9.97 Å². The van der Waals surface area contributed by atoms with Gasteiger partial charge in [0.05, 0.1) is 5.69 Å². The van der Waals surface area contributed by atoms with Gasteiger partial charge in [-0.3, -0.25) is 5.10 Å². The molecule has 0 aromatic carbocycles. The van der Waals surface area contributed by atoms with Crippen molar-refractivity contribution in [2.24, 2.45) is 0 Å². The van der Waals surface area contributed by atoms with Crippen LogP contribution in [-0.4, -0.2) is 25.1 Å². The molecule has 0 saturated carbocycles. The number of imidazole rings is 1. The van der Waals surface area contributed by atoms with E-state index in [2.05, 4.69) is 32.1 Å². The van der Waals surface area contributed by atoms with Crippen molar-refractivity contribution in [3.05, 3.63) is 23.0 Å². The molecule has 5 nitrogen and oxygen atoms in total. The van der Waals surface area contributed by atoms with Crippen molar-refractivity contribution in [1.82, 2.24) is 25.1 Å². The molecule has 6 heteroatoms. The molecule has 0 radical (unpaired) electrons. The van der Waals surface area contributed by atoms with Crippen LogP contribution in [0, 0.1) is 13.8 Å². The van der Waals surface area contributed by atoms with Crippen molar-refractivity contribution >= 4 is 11.8 Å². The summed E-state index contributed by atoms with van der Waals surface area (Å²) in [6, 6.07) is 0. The first-order valence-electron chi connectivity index (χ1n) is 5.25. The highest BCUT2D eigenvalue weighted by Crippen LogP contribution is 2.19. The van der Waals surface area contributed by atoms with Crippen LogP contribution in [0.2, 0.25) is 0 Å². The second-order valence-electron chi connectivity index (χ2n) is 3.60. The molecule has 0 spiro atoms. The summed E-state index contributed by atoms with van der Waals surface area (Å²) in [6.07, 6.45) is 0.883. The molecular formula is C10H15N5S. The summed E-state index contributed by atoms with van der Waals surface area (Å²) in [5.41, 5.74) is 2.20. The van der Waals surface area contributed by atoms with Gasteiger partial charge >= 0.3 is 0 Å². The molecule has 0 saturated heterocycles. The van der Waals surface area contributed by atoms with Crippen LogP contribution in [0.25, 0.3) is 0 Å². The van der Waals surface area contributed by atoms with E-state index in [1.165, 1.54) is 0 Å². The Hall–Kier alpha value is -1.30. The summed E-state index contributed by atoms with van der Waals surface area (Å²) in [4.78, 5) is 11.9. The molecule has 0 aliphatic heterocycles. The zero-order valence-electron chi connectivity index (χ0n) is 9.66. The minimum absolute atomic E-state index is 0.789. The van der Waals surface area contributed by atoms with Gasteiger partial charge in [0, 0.05) is 17.9 Å². The normalized spacial score (nSPS) is 10.9. The lowest BCUT2D eigenvalue weighted by Gasteiger charge is -1.94. The van der Waals surface area contributed by atoms with Gasteiger partial charge in [-0.2, -0.15) is 0 Å². The number of H-pyrrole nitrogens is 2. The van der Waals surface area contributed by atoms with Crippen molar-refractivity contribution < 1.29 is 0 Å². The van der Waals surface area contributed by atoms with E-state index in [4.69, 9.17) is 0 Å². The number of nitrogens with zero attached hydrogens (tertiary/aromatic N) is 3. The SMILES string of the molecule is CCc1nc(SCc2nc(C)[nH]c2C)n[nH]1. The number of rotatable bonds is 4. The van der Waals surface area contributed by atoms with Crippen molar-refractivity contribution in [3.63, 3.8) is 0 Å². The van der Waals surface area contributed by atoms with E-state index < -0.39 is 0 Å². The van der Waals surface area contributed by atoms with Gasteiger partial charge in [-0.15, -0.1) is 5.10 Å². The molecule has 2 rings (SSSR count). The first-order valence-corrected chi connectivity index (χ1v) is 6.23. The van der Waals surface area contributed by atoms with Gasteiger partial charge in [-0.1, -0.05) is 18.7 Å². The van der Waals surface area contributed by atoms with Gasteiger partial charge < -0.3 is 4.98 Å². The molecule has 86 valence electrons. The Kier molecular flexibility index (Phi) is 3.28. The summed E-state index contributed by atoms with van der Waals surface area (Å²) in [7, 11) is 0. The molecular weight excluding hydrogens is 222 g/mol. The number of nitrogens with one attached hydrogen (secondary N) is 2. The van der Waals surface area contributed by atoms with Crippen molar-refractivity contribution in [3.8, 4) is 0 Å². The maximum Gasteiger partial charge on any atom is 0.208 e. The molecule has 2 N–H and O–H groups in total. The molecule has 2 aromatic heterocycles. The number of thioether (sulfide) groups is 1. The Morgan fingerprint density at radius 2 is 2.06 bits per heavy atom. The van der Waals surface area contributed by atoms with Crippen LogP contribution in [0.15, 0.2) is 5.16 Å². The predicted molar refractivity (Wildman–Crippen MR) is 63.4 cm³/mol. The standard InChI is InChI=1S/C10H15N5S/c1-4-9-13-10(15-14-9)16-5-8-6(2)11-7(3)12-8/h4-5H2,1-3H3,(H,11,12)(H,13,14,15). The quantitative estimate of drug-likeness (QED) is 0.798. The van der Waals surface area contributed by atoms with E-state index in [1.54, 1.807) is 11.8 Å². The van der Waals surface area contributed by atoms with Gasteiger partial charge in [0.1, 0.15) is 11.6 Å². The lowest BCUT2D eigenvalue weighted by Crippen LogP contribution is -1.86. The summed E-state index contributed by atoms with van der Waals surface area (Å²) in [5.74, 6) is 2.69. The van der Waals surface area contributed by atoms with Crippen LogP contribution < -0.4 is 0 Å². The Bertz CT molecular complexity index is 473. The number of aryl methyl sites for hydroxylation is 3. The van der Waals surface area contributed by atoms with E-state index in [0.29, 0.717) is 0 Å². The second kappa shape index (κ2) is 4.69. The van der Waals surface area contributed by atoms with E-state index in [9.17, 15) is 0 Å². The molecule has 0 amide bonds. The molecule has 16 heavy (non-hydrogen) atoms. The third kappa shape index (κ3) is 2.44. The highest BCUT2D eigenvalue weighted by Gasteiger charge is 2.07. The fourth-order valence-corrected chi connectivity index (χ4v) is 2.26. The number of hydrogen-bond donors (Lipinski definition) is 2. The van der Waals surface area contributed by atoms with Crippen LogP contribution in [0.5, 0.6) is 0 Å². The Morgan fingerprint density at radius 3 is 2.62 bits per heavy atom. The fourth-order valence-electron chi connectivity index (χ4n) is 1.43. The molecule has 0 fully saturated rings. The maximum atomic E-state index is 4.41. The first kappa shape index (κ1) is 11.2. The molecule has 0 aliphatic rings. The minimum atomic E-state index is 0.789. The summed E-state index contributed by atoms with van der Waals surface area (Å²) in [5, 5.41) is 7.82. The molecule has 0 bridgehead atoms. The lowest BCUT2D eigenvalue weighted by molar-refractivity contribution is 0.941. The van der Waals surface area contributed by atoms with Gasteiger partial charge in [0.2, 0.25) is 5.16 Å². The van der Waals surface area contributed by atoms with E-state index in [0.717, 1.165) is 40.4 Å². The third-order valence-electron chi connectivity index (χ3n) is 2.29. The van der Waals surface area contributed by atoms with E-state index in [-0.39, 0.29) is 0 Å². The Balaban J connectivity index is 1.99. The van der Waals surface area contributed by atoms with Crippen LogP contribution in [0.1, 0.15) is 30.0 Å². The van der Waals surface area contributed by atoms with Crippen molar-refractivity contribution in [2.45, 2.75) is 38.1 Å². The summed E-state index contributed by atoms with van der Waals surface area (Å²) < 4.78 is 0. The molecule has 0 unspecified atom stereocenters. The zero-order chi connectivity index (χ0) is 11.5. The fraction of sp³-hybridized carbons (Fsp3) is 0.500. The van der Waals surface area contributed by atoms with Gasteiger partial charge in [0.15, 0.2) is 0 Å². The molecule has 2 aromatic rings. The smallest absolute Gasteiger partial charge is 0.208 e. The van der Waals surface area contributed by atoms with E-state index in [1.807, 2.05) is 13.8 Å². The number of aromatic nitrogens is 5. The molecule has 0 atom stereocenters. The first-order chi connectivity index (χ1) is 7.69. The van der Waals surface area contributed by atoms with Crippen LogP contribution >= 0.6 is 11.8 Å². The molecule has 2 heterocycles. The summed E-state index contributed by atoms with van der Waals surface area (Å²) >= 11 is 1.60. The van der Waals surface area contributed by atoms with Crippen molar-refractivity contribution in [1.29, 1.82) is 0 Å². The molecule has 0 aliphatic carbocycles.